The van der Waals surface area contributed by atoms with Crippen LogP contribution in [0.15, 0.2) is 59.5 Å². The number of benzene rings is 3. The predicted octanol–water partition coefficient (Wildman–Crippen LogP) is 4.55. The Balaban J connectivity index is 1.69. The second-order valence-corrected chi connectivity index (χ2v) is 8.35. The molecule has 0 spiro atoms. The van der Waals surface area contributed by atoms with E-state index in [0.29, 0.717) is 27.7 Å². The lowest BCUT2D eigenvalue weighted by molar-refractivity contribution is 0.103. The van der Waals surface area contributed by atoms with Crippen LogP contribution in [0.5, 0.6) is 0 Å². The van der Waals surface area contributed by atoms with Crippen LogP contribution in [-0.4, -0.2) is 14.3 Å². The average molecular weight is 380 g/mol. The van der Waals surface area contributed by atoms with E-state index in [2.05, 4.69) is 17.0 Å². The van der Waals surface area contributed by atoms with Crippen molar-refractivity contribution < 1.29 is 13.2 Å². The Morgan fingerprint density at radius 3 is 2.52 bits per heavy atom. The van der Waals surface area contributed by atoms with Gasteiger partial charge in [0.25, 0.3) is 15.9 Å². The van der Waals surface area contributed by atoms with Gasteiger partial charge < -0.3 is 5.32 Å². The molecule has 0 saturated heterocycles. The molecule has 6 heteroatoms. The summed E-state index contributed by atoms with van der Waals surface area (Å²) in [6.45, 7) is 2.14. The minimum atomic E-state index is -3.78. The summed E-state index contributed by atoms with van der Waals surface area (Å²) >= 11 is 0. The van der Waals surface area contributed by atoms with Gasteiger partial charge in [0, 0.05) is 27.7 Å². The van der Waals surface area contributed by atoms with Gasteiger partial charge in [0.2, 0.25) is 0 Å². The highest BCUT2D eigenvalue weighted by atomic mass is 32.2. The first-order valence-electron chi connectivity index (χ1n) is 8.98. The van der Waals surface area contributed by atoms with Crippen molar-refractivity contribution in [3.63, 3.8) is 0 Å². The molecule has 0 fully saturated rings. The number of nitrogens with one attached hydrogen (secondary N) is 2. The van der Waals surface area contributed by atoms with Crippen LogP contribution in [0.1, 0.15) is 35.7 Å². The number of carbonyl (C=O) groups excluding carboxylic acids is 1. The summed E-state index contributed by atoms with van der Waals surface area (Å²) in [5.41, 5.74) is 2.85. The van der Waals surface area contributed by atoms with Gasteiger partial charge in [-0.05, 0) is 48.7 Å². The lowest BCUT2D eigenvalue weighted by atomic mass is 10.1. The zero-order valence-electron chi connectivity index (χ0n) is 15.0. The van der Waals surface area contributed by atoms with Crippen molar-refractivity contribution in [3.05, 3.63) is 65.7 Å². The molecule has 27 heavy (non-hydrogen) atoms. The fourth-order valence-corrected chi connectivity index (χ4v) is 4.69. The maximum absolute atomic E-state index is 13.0. The van der Waals surface area contributed by atoms with E-state index in [0.717, 1.165) is 19.3 Å². The molecule has 1 heterocycles. The lowest BCUT2D eigenvalue weighted by Gasteiger charge is -2.12. The predicted molar refractivity (Wildman–Crippen MR) is 108 cm³/mol. The number of amides is 1. The summed E-state index contributed by atoms with van der Waals surface area (Å²) < 4.78 is 28.6. The van der Waals surface area contributed by atoms with Crippen LogP contribution in [0, 0.1) is 0 Å². The fraction of sp³-hybridized carbons (Fsp3) is 0.190. The zero-order valence-corrected chi connectivity index (χ0v) is 15.8. The summed E-state index contributed by atoms with van der Waals surface area (Å²) in [5, 5.41) is 3.96. The second kappa shape index (κ2) is 6.70. The highest BCUT2D eigenvalue weighted by Crippen LogP contribution is 2.36. The zero-order chi connectivity index (χ0) is 19.0. The van der Waals surface area contributed by atoms with Gasteiger partial charge in [-0.2, -0.15) is 0 Å². The highest BCUT2D eigenvalue weighted by molar-refractivity contribution is 7.93. The number of aryl methyl sites for hydroxylation is 1. The standard InChI is InChI=1S/C21H20N2O3S/c1-2-3-5-14-8-10-15(11-9-14)23-27(25,26)19-13-12-17-20-16(19)6-4-7-18(20)22-21(17)24/h4,6-13,23H,2-3,5H2,1H3,(H,22,24). The van der Waals surface area contributed by atoms with Crippen molar-refractivity contribution in [3.8, 4) is 0 Å². The van der Waals surface area contributed by atoms with Gasteiger partial charge in [-0.15, -0.1) is 0 Å². The van der Waals surface area contributed by atoms with Crippen LogP contribution < -0.4 is 10.0 Å². The van der Waals surface area contributed by atoms with Crippen molar-refractivity contribution in [1.29, 1.82) is 0 Å². The molecule has 5 nitrogen and oxygen atoms in total. The van der Waals surface area contributed by atoms with E-state index in [9.17, 15) is 13.2 Å². The molecule has 0 atom stereocenters. The van der Waals surface area contributed by atoms with E-state index in [4.69, 9.17) is 0 Å². The normalized spacial score (nSPS) is 13.0. The number of rotatable bonds is 6. The monoisotopic (exact) mass is 380 g/mol. The van der Waals surface area contributed by atoms with Crippen LogP contribution in [0.3, 0.4) is 0 Å². The topological polar surface area (TPSA) is 75.3 Å². The molecule has 4 rings (SSSR count). The van der Waals surface area contributed by atoms with Crippen LogP contribution in [0.4, 0.5) is 11.4 Å². The summed E-state index contributed by atoms with van der Waals surface area (Å²) in [7, 11) is -3.78. The molecule has 1 aliphatic rings. The molecule has 0 bridgehead atoms. The van der Waals surface area contributed by atoms with E-state index in [1.54, 1.807) is 36.4 Å². The van der Waals surface area contributed by atoms with Crippen LogP contribution in [0.2, 0.25) is 0 Å². The smallest absolute Gasteiger partial charge is 0.262 e. The third kappa shape index (κ3) is 3.17. The SMILES string of the molecule is CCCCc1ccc(NS(=O)(=O)c2ccc3c4c(cccc24)NC3=O)cc1. The van der Waals surface area contributed by atoms with Gasteiger partial charge in [-0.1, -0.05) is 37.6 Å². The third-order valence-electron chi connectivity index (χ3n) is 4.81. The van der Waals surface area contributed by atoms with Gasteiger partial charge in [0.1, 0.15) is 0 Å². The number of anilines is 2. The Kier molecular flexibility index (Phi) is 4.36. The summed E-state index contributed by atoms with van der Waals surface area (Å²) in [6, 6.07) is 15.8. The molecular weight excluding hydrogens is 360 g/mol. The Labute approximate surface area is 158 Å². The molecule has 0 aliphatic carbocycles. The fourth-order valence-electron chi connectivity index (χ4n) is 3.43. The molecule has 138 valence electrons. The van der Waals surface area contributed by atoms with Crippen LogP contribution >= 0.6 is 0 Å². The molecule has 0 aromatic heterocycles. The first-order chi connectivity index (χ1) is 13.0. The number of sulfonamides is 1. The van der Waals surface area contributed by atoms with Gasteiger partial charge in [-0.3, -0.25) is 9.52 Å². The molecule has 3 aromatic rings. The summed E-state index contributed by atoms with van der Waals surface area (Å²) in [5.74, 6) is -0.208. The molecule has 0 unspecified atom stereocenters. The van der Waals surface area contributed by atoms with E-state index in [1.807, 2.05) is 12.1 Å². The summed E-state index contributed by atoms with van der Waals surface area (Å²) in [4.78, 5) is 12.2. The first kappa shape index (κ1) is 17.5. The van der Waals surface area contributed by atoms with Crippen molar-refractivity contribution in [2.45, 2.75) is 31.1 Å². The van der Waals surface area contributed by atoms with E-state index < -0.39 is 10.0 Å². The van der Waals surface area contributed by atoms with E-state index >= 15 is 0 Å². The lowest BCUT2D eigenvalue weighted by Crippen LogP contribution is -2.13. The average Bonchev–Trinajstić information content (AvgIpc) is 2.98. The largest absolute Gasteiger partial charge is 0.321 e. The van der Waals surface area contributed by atoms with Crippen molar-refractivity contribution >= 4 is 38.1 Å². The van der Waals surface area contributed by atoms with Crippen molar-refractivity contribution in [2.75, 3.05) is 10.0 Å². The number of hydrogen-bond acceptors (Lipinski definition) is 3. The number of unbranched alkanes of at least 4 members (excludes halogenated alkanes) is 1. The number of hydrogen-bond donors (Lipinski definition) is 2. The maximum atomic E-state index is 13.0. The maximum Gasteiger partial charge on any atom is 0.262 e. The van der Waals surface area contributed by atoms with Gasteiger partial charge in [0.05, 0.1) is 4.90 Å². The first-order valence-corrected chi connectivity index (χ1v) is 10.5. The number of carbonyl (C=O) groups is 1. The van der Waals surface area contributed by atoms with E-state index in [-0.39, 0.29) is 10.8 Å². The minimum absolute atomic E-state index is 0.162. The van der Waals surface area contributed by atoms with Crippen LogP contribution in [0.25, 0.3) is 10.8 Å². The molecule has 1 aliphatic heterocycles. The highest BCUT2D eigenvalue weighted by Gasteiger charge is 2.26. The third-order valence-corrected chi connectivity index (χ3v) is 6.25. The van der Waals surface area contributed by atoms with Gasteiger partial charge >= 0.3 is 0 Å². The van der Waals surface area contributed by atoms with E-state index in [1.165, 1.54) is 11.6 Å². The van der Waals surface area contributed by atoms with Crippen LogP contribution in [-0.2, 0) is 16.4 Å². The minimum Gasteiger partial charge on any atom is -0.321 e. The molecule has 1 amide bonds. The Hall–Kier alpha value is -2.86. The molecular formula is C21H20N2O3S. The summed E-state index contributed by atoms with van der Waals surface area (Å²) in [6.07, 6.45) is 3.22. The van der Waals surface area contributed by atoms with Gasteiger partial charge in [-0.25, -0.2) is 8.42 Å². The van der Waals surface area contributed by atoms with Crippen molar-refractivity contribution in [1.82, 2.24) is 0 Å². The Morgan fingerprint density at radius 1 is 1.00 bits per heavy atom. The molecule has 3 aromatic carbocycles. The van der Waals surface area contributed by atoms with Gasteiger partial charge in [0.15, 0.2) is 0 Å². The molecule has 0 saturated carbocycles. The Morgan fingerprint density at radius 2 is 1.78 bits per heavy atom. The van der Waals surface area contributed by atoms with Crippen molar-refractivity contribution in [2.24, 2.45) is 0 Å². The molecule has 2 N–H and O–H groups in total. The second-order valence-electron chi connectivity index (χ2n) is 6.70. The molecule has 0 radical (unpaired) electrons. The quantitative estimate of drug-likeness (QED) is 0.659. The Bertz CT molecular complexity index is 1140.